The molecule has 0 saturated carbocycles. The molecule has 4 aromatic rings. The predicted molar refractivity (Wildman–Crippen MR) is 129 cm³/mol. The second-order valence-electron chi connectivity index (χ2n) is 7.38. The molecular formula is C25H24N4OS. The molecule has 0 bridgehead atoms. The second-order valence-corrected chi connectivity index (χ2v) is 8.34. The first-order chi connectivity index (χ1) is 15.1. The molecule has 1 aromatic heterocycles. The number of fused-ring (bicyclic) bond motifs is 1. The number of amides is 1. The molecule has 31 heavy (non-hydrogen) atoms. The normalized spacial score (nSPS) is 10.9. The van der Waals surface area contributed by atoms with Gasteiger partial charge in [0, 0.05) is 28.5 Å². The number of thioether (sulfide) groups is 1. The third-order valence-corrected chi connectivity index (χ3v) is 5.83. The molecule has 3 aromatic carbocycles. The van der Waals surface area contributed by atoms with Gasteiger partial charge in [-0.3, -0.25) is 4.79 Å². The summed E-state index contributed by atoms with van der Waals surface area (Å²) >= 11 is 1.42. The SMILES string of the molecule is CC(C)N(c1ccccc1)c1ccc(NC(=O)CSc2ncnc3ccccc23)cc1. The number of carbonyl (C=O) groups is 1. The molecule has 6 heteroatoms. The van der Waals surface area contributed by atoms with Gasteiger partial charge in [0.05, 0.1) is 11.3 Å². The number of nitrogens with one attached hydrogen (secondary N) is 1. The first-order valence-corrected chi connectivity index (χ1v) is 11.2. The Labute approximate surface area is 186 Å². The Kier molecular flexibility index (Phi) is 6.48. The summed E-state index contributed by atoms with van der Waals surface area (Å²) in [5.74, 6) is 0.217. The van der Waals surface area contributed by atoms with Crippen LogP contribution in [0.1, 0.15) is 13.8 Å². The monoisotopic (exact) mass is 428 g/mol. The molecule has 1 N–H and O–H groups in total. The van der Waals surface area contributed by atoms with E-state index in [1.165, 1.54) is 18.1 Å². The van der Waals surface area contributed by atoms with Crippen LogP contribution >= 0.6 is 11.8 Å². The molecule has 0 radical (unpaired) electrons. The van der Waals surface area contributed by atoms with Gasteiger partial charge in [-0.2, -0.15) is 0 Å². The van der Waals surface area contributed by atoms with E-state index in [1.807, 2.05) is 66.7 Å². The molecule has 1 heterocycles. The first kappa shape index (κ1) is 20.9. The van der Waals surface area contributed by atoms with Crippen LogP contribution in [0.5, 0.6) is 0 Å². The quantitative estimate of drug-likeness (QED) is 0.293. The highest BCUT2D eigenvalue weighted by atomic mass is 32.2. The minimum Gasteiger partial charge on any atom is -0.339 e. The van der Waals surface area contributed by atoms with E-state index >= 15 is 0 Å². The maximum absolute atomic E-state index is 12.5. The van der Waals surface area contributed by atoms with Gasteiger partial charge in [-0.05, 0) is 56.3 Å². The zero-order valence-corrected chi connectivity index (χ0v) is 18.3. The lowest BCUT2D eigenvalue weighted by Crippen LogP contribution is -2.25. The Balaban J connectivity index is 1.41. The van der Waals surface area contributed by atoms with Crippen LogP contribution in [0.2, 0.25) is 0 Å². The van der Waals surface area contributed by atoms with Crippen LogP contribution in [-0.4, -0.2) is 27.7 Å². The second kappa shape index (κ2) is 9.62. The van der Waals surface area contributed by atoms with E-state index in [1.54, 1.807) is 0 Å². The first-order valence-electron chi connectivity index (χ1n) is 10.2. The summed E-state index contributed by atoms with van der Waals surface area (Å²) in [4.78, 5) is 23.3. The van der Waals surface area contributed by atoms with E-state index in [4.69, 9.17) is 0 Å². The number of anilines is 3. The van der Waals surface area contributed by atoms with Crippen molar-refractivity contribution in [2.24, 2.45) is 0 Å². The number of nitrogens with zero attached hydrogens (tertiary/aromatic N) is 3. The standard InChI is InChI=1S/C25H24N4OS/c1-18(2)29(20-8-4-3-5-9-20)21-14-12-19(13-15-21)28-24(30)16-31-25-22-10-6-7-11-23(22)26-17-27-25/h3-15,17-18H,16H2,1-2H3,(H,28,30). The van der Waals surface area contributed by atoms with E-state index in [2.05, 4.69) is 46.2 Å². The topological polar surface area (TPSA) is 58.1 Å². The minimum atomic E-state index is -0.0655. The summed E-state index contributed by atoms with van der Waals surface area (Å²) in [6.07, 6.45) is 1.54. The Morgan fingerprint density at radius 3 is 2.32 bits per heavy atom. The molecular weight excluding hydrogens is 404 g/mol. The number of hydrogen-bond acceptors (Lipinski definition) is 5. The van der Waals surface area contributed by atoms with E-state index in [9.17, 15) is 4.79 Å². The van der Waals surface area contributed by atoms with Gasteiger partial charge in [0.1, 0.15) is 11.4 Å². The van der Waals surface area contributed by atoms with Crippen LogP contribution in [0.25, 0.3) is 10.9 Å². The third kappa shape index (κ3) is 5.03. The number of para-hydroxylation sites is 2. The Morgan fingerprint density at radius 1 is 0.903 bits per heavy atom. The molecule has 156 valence electrons. The molecule has 0 aliphatic carbocycles. The summed E-state index contributed by atoms with van der Waals surface area (Å²) in [5, 5.41) is 4.75. The summed E-state index contributed by atoms with van der Waals surface area (Å²) in [6.45, 7) is 4.33. The van der Waals surface area contributed by atoms with Crippen LogP contribution in [-0.2, 0) is 4.79 Å². The van der Waals surface area contributed by atoms with Crippen molar-refractivity contribution in [3.63, 3.8) is 0 Å². The van der Waals surface area contributed by atoms with Crippen molar-refractivity contribution in [1.29, 1.82) is 0 Å². The van der Waals surface area contributed by atoms with Crippen LogP contribution in [0.4, 0.5) is 17.1 Å². The molecule has 0 aliphatic heterocycles. The zero-order chi connectivity index (χ0) is 21.6. The van der Waals surface area contributed by atoms with E-state index in [-0.39, 0.29) is 11.7 Å². The highest BCUT2D eigenvalue weighted by Crippen LogP contribution is 2.29. The summed E-state index contributed by atoms with van der Waals surface area (Å²) < 4.78 is 0. The van der Waals surface area contributed by atoms with Crippen molar-refractivity contribution in [3.05, 3.63) is 85.2 Å². The average Bonchev–Trinajstić information content (AvgIpc) is 2.79. The van der Waals surface area contributed by atoms with Crippen LogP contribution in [0.3, 0.4) is 0 Å². The number of rotatable bonds is 7. The minimum absolute atomic E-state index is 0.0655. The lowest BCUT2D eigenvalue weighted by atomic mass is 10.2. The molecule has 0 atom stereocenters. The van der Waals surface area contributed by atoms with Crippen molar-refractivity contribution < 1.29 is 4.79 Å². The molecule has 4 rings (SSSR count). The lowest BCUT2D eigenvalue weighted by molar-refractivity contribution is -0.113. The molecule has 0 saturated heterocycles. The fourth-order valence-electron chi connectivity index (χ4n) is 3.47. The largest absolute Gasteiger partial charge is 0.339 e. The van der Waals surface area contributed by atoms with Crippen LogP contribution in [0.15, 0.2) is 90.2 Å². The van der Waals surface area contributed by atoms with Gasteiger partial charge < -0.3 is 10.2 Å². The fraction of sp³-hybridized carbons (Fsp3) is 0.160. The number of benzene rings is 3. The van der Waals surface area contributed by atoms with E-state index in [0.717, 1.165) is 33.0 Å². The zero-order valence-electron chi connectivity index (χ0n) is 17.5. The average molecular weight is 429 g/mol. The van der Waals surface area contributed by atoms with Gasteiger partial charge in [0.15, 0.2) is 0 Å². The van der Waals surface area contributed by atoms with Gasteiger partial charge in [-0.1, -0.05) is 48.2 Å². The predicted octanol–water partition coefficient (Wildman–Crippen LogP) is 5.91. The van der Waals surface area contributed by atoms with Gasteiger partial charge in [-0.15, -0.1) is 0 Å². The Hall–Kier alpha value is -3.38. The molecule has 5 nitrogen and oxygen atoms in total. The van der Waals surface area contributed by atoms with Crippen LogP contribution < -0.4 is 10.2 Å². The van der Waals surface area contributed by atoms with Crippen molar-refractivity contribution >= 4 is 45.6 Å². The fourth-order valence-corrected chi connectivity index (χ4v) is 4.26. The number of aromatic nitrogens is 2. The Morgan fingerprint density at radius 2 is 1.58 bits per heavy atom. The van der Waals surface area contributed by atoms with Crippen molar-refractivity contribution in [2.45, 2.75) is 24.9 Å². The smallest absolute Gasteiger partial charge is 0.234 e. The summed E-state index contributed by atoms with van der Waals surface area (Å²) in [6, 6.07) is 26.4. The van der Waals surface area contributed by atoms with Gasteiger partial charge in [0.25, 0.3) is 0 Å². The summed E-state index contributed by atoms with van der Waals surface area (Å²) in [7, 11) is 0. The van der Waals surface area contributed by atoms with Gasteiger partial charge >= 0.3 is 0 Å². The van der Waals surface area contributed by atoms with Crippen molar-refractivity contribution in [2.75, 3.05) is 16.0 Å². The van der Waals surface area contributed by atoms with Crippen molar-refractivity contribution in [3.8, 4) is 0 Å². The van der Waals surface area contributed by atoms with Gasteiger partial charge in [-0.25, -0.2) is 9.97 Å². The molecule has 0 fully saturated rings. The number of carbonyl (C=O) groups excluding carboxylic acids is 1. The highest BCUT2D eigenvalue weighted by molar-refractivity contribution is 8.00. The molecule has 1 amide bonds. The van der Waals surface area contributed by atoms with E-state index in [0.29, 0.717) is 6.04 Å². The molecule has 0 aliphatic rings. The maximum atomic E-state index is 12.5. The molecule has 0 spiro atoms. The molecule has 0 unspecified atom stereocenters. The van der Waals surface area contributed by atoms with Crippen LogP contribution in [0, 0.1) is 0 Å². The highest BCUT2D eigenvalue weighted by Gasteiger charge is 2.13. The van der Waals surface area contributed by atoms with E-state index < -0.39 is 0 Å². The lowest BCUT2D eigenvalue weighted by Gasteiger charge is -2.29. The third-order valence-electron chi connectivity index (χ3n) is 4.83. The maximum Gasteiger partial charge on any atom is 0.234 e. The van der Waals surface area contributed by atoms with Gasteiger partial charge in [0.2, 0.25) is 5.91 Å². The van der Waals surface area contributed by atoms with Crippen molar-refractivity contribution in [1.82, 2.24) is 9.97 Å². The number of hydrogen-bond donors (Lipinski definition) is 1. The Bertz CT molecular complexity index is 1160. The summed E-state index contributed by atoms with van der Waals surface area (Å²) in [5.41, 5.74) is 3.88.